The molecule has 0 radical (unpaired) electrons. The maximum Gasteiger partial charge on any atom is 0.0741 e. The van der Waals surface area contributed by atoms with Crippen molar-refractivity contribution in [3.05, 3.63) is 29.7 Å². The lowest BCUT2D eigenvalue weighted by Crippen LogP contribution is -1.99. The predicted octanol–water partition coefficient (Wildman–Crippen LogP) is 2.16. The topological polar surface area (TPSA) is 56.7 Å². The Balaban J connectivity index is 2.50. The van der Waals surface area contributed by atoms with E-state index in [0.29, 0.717) is 0 Å². The molecule has 0 aliphatic heterocycles. The van der Waals surface area contributed by atoms with Gasteiger partial charge in [-0.2, -0.15) is 5.10 Å². The highest BCUT2D eigenvalue weighted by molar-refractivity contribution is 5.63. The average Bonchev–Trinajstić information content (AvgIpc) is 2.64. The van der Waals surface area contributed by atoms with Crippen molar-refractivity contribution in [1.29, 1.82) is 0 Å². The van der Waals surface area contributed by atoms with Crippen LogP contribution in [0, 0.1) is 13.8 Å². The number of aromatic nitrogens is 3. The average molecular weight is 216 g/mol. The molecule has 0 aliphatic carbocycles. The standard InChI is InChI=1S/C12H16N4/c1-4-16-9(3)10(7-14-16)12-6-5-11(13)8(2)15-12/h5-7H,4,13H2,1-3H3. The molecular weight excluding hydrogens is 200 g/mol. The zero-order valence-electron chi connectivity index (χ0n) is 9.86. The van der Waals surface area contributed by atoms with Gasteiger partial charge in [0.05, 0.1) is 23.3 Å². The summed E-state index contributed by atoms with van der Waals surface area (Å²) < 4.78 is 1.96. The molecule has 0 spiro atoms. The molecule has 0 saturated heterocycles. The fourth-order valence-electron chi connectivity index (χ4n) is 1.74. The van der Waals surface area contributed by atoms with Crippen molar-refractivity contribution in [1.82, 2.24) is 14.8 Å². The molecule has 0 bridgehead atoms. The molecule has 0 saturated carbocycles. The van der Waals surface area contributed by atoms with Crippen molar-refractivity contribution in [3.63, 3.8) is 0 Å². The van der Waals surface area contributed by atoms with E-state index in [1.54, 1.807) is 0 Å². The smallest absolute Gasteiger partial charge is 0.0741 e. The Hall–Kier alpha value is -1.84. The van der Waals surface area contributed by atoms with Crippen molar-refractivity contribution in [2.45, 2.75) is 27.3 Å². The van der Waals surface area contributed by atoms with E-state index in [2.05, 4.69) is 23.9 Å². The Morgan fingerprint density at radius 3 is 2.62 bits per heavy atom. The number of nitrogens with two attached hydrogens (primary N) is 1. The van der Waals surface area contributed by atoms with E-state index in [4.69, 9.17) is 5.73 Å². The van der Waals surface area contributed by atoms with Gasteiger partial charge in [0.25, 0.3) is 0 Å². The minimum atomic E-state index is 0.726. The number of hydrogen-bond donors (Lipinski definition) is 1. The molecule has 2 rings (SSSR count). The summed E-state index contributed by atoms with van der Waals surface area (Å²) in [5.74, 6) is 0. The van der Waals surface area contributed by atoms with Crippen LogP contribution in [0.25, 0.3) is 11.3 Å². The third kappa shape index (κ3) is 1.66. The molecule has 0 fully saturated rings. The van der Waals surface area contributed by atoms with Gasteiger partial charge in [-0.05, 0) is 32.9 Å². The highest BCUT2D eigenvalue weighted by Gasteiger charge is 2.09. The fourth-order valence-corrected chi connectivity index (χ4v) is 1.74. The molecule has 0 aliphatic rings. The predicted molar refractivity (Wildman–Crippen MR) is 65.0 cm³/mol. The lowest BCUT2D eigenvalue weighted by molar-refractivity contribution is 0.640. The number of aryl methyl sites for hydroxylation is 2. The molecule has 0 atom stereocenters. The minimum absolute atomic E-state index is 0.726. The summed E-state index contributed by atoms with van der Waals surface area (Å²) in [6, 6.07) is 3.83. The first-order valence-corrected chi connectivity index (χ1v) is 5.39. The summed E-state index contributed by atoms with van der Waals surface area (Å²) in [5, 5.41) is 4.31. The quantitative estimate of drug-likeness (QED) is 0.837. The number of nitrogen functional groups attached to an aromatic ring is 1. The van der Waals surface area contributed by atoms with E-state index < -0.39 is 0 Å². The van der Waals surface area contributed by atoms with Crippen LogP contribution in [0.2, 0.25) is 0 Å². The molecular formula is C12H16N4. The second-order valence-corrected chi connectivity index (χ2v) is 3.83. The van der Waals surface area contributed by atoms with Crippen LogP contribution in [0.3, 0.4) is 0 Å². The van der Waals surface area contributed by atoms with E-state index in [1.165, 1.54) is 0 Å². The Labute approximate surface area is 95.1 Å². The van der Waals surface area contributed by atoms with Crippen LogP contribution < -0.4 is 5.73 Å². The molecule has 2 aromatic rings. The van der Waals surface area contributed by atoms with Crippen molar-refractivity contribution >= 4 is 5.69 Å². The molecule has 2 N–H and O–H groups in total. The van der Waals surface area contributed by atoms with Crippen LogP contribution in [0.1, 0.15) is 18.3 Å². The van der Waals surface area contributed by atoms with Crippen molar-refractivity contribution < 1.29 is 0 Å². The lowest BCUT2D eigenvalue weighted by Gasteiger charge is -2.04. The van der Waals surface area contributed by atoms with Gasteiger partial charge in [0.1, 0.15) is 0 Å². The highest BCUT2D eigenvalue weighted by Crippen LogP contribution is 2.22. The Morgan fingerprint density at radius 1 is 1.31 bits per heavy atom. The van der Waals surface area contributed by atoms with E-state index in [9.17, 15) is 0 Å². The maximum atomic E-state index is 5.75. The minimum Gasteiger partial charge on any atom is -0.397 e. The van der Waals surface area contributed by atoms with Gasteiger partial charge in [0.15, 0.2) is 0 Å². The maximum absolute atomic E-state index is 5.75. The fraction of sp³-hybridized carbons (Fsp3) is 0.333. The SMILES string of the molecule is CCn1ncc(-c2ccc(N)c(C)n2)c1C. The van der Waals surface area contributed by atoms with Gasteiger partial charge in [-0.3, -0.25) is 9.67 Å². The number of hydrogen-bond acceptors (Lipinski definition) is 3. The molecule has 84 valence electrons. The first-order valence-electron chi connectivity index (χ1n) is 5.39. The molecule has 2 heterocycles. The number of anilines is 1. The molecule has 0 unspecified atom stereocenters. The van der Waals surface area contributed by atoms with Crippen LogP contribution in [-0.4, -0.2) is 14.8 Å². The van der Waals surface area contributed by atoms with Gasteiger partial charge >= 0.3 is 0 Å². The summed E-state index contributed by atoms with van der Waals surface area (Å²) in [6.45, 7) is 6.92. The molecule has 0 amide bonds. The van der Waals surface area contributed by atoms with Gasteiger partial charge in [0, 0.05) is 17.8 Å². The molecule has 2 aromatic heterocycles. The summed E-state index contributed by atoms with van der Waals surface area (Å²) >= 11 is 0. The summed E-state index contributed by atoms with van der Waals surface area (Å²) in [4.78, 5) is 4.47. The second kappa shape index (κ2) is 3.96. The monoisotopic (exact) mass is 216 g/mol. The van der Waals surface area contributed by atoms with Crippen molar-refractivity contribution in [3.8, 4) is 11.3 Å². The number of rotatable bonds is 2. The Bertz CT molecular complexity index is 514. The second-order valence-electron chi connectivity index (χ2n) is 3.83. The van der Waals surface area contributed by atoms with Crippen LogP contribution in [-0.2, 0) is 6.54 Å². The van der Waals surface area contributed by atoms with Crippen LogP contribution in [0.5, 0.6) is 0 Å². The zero-order valence-corrected chi connectivity index (χ0v) is 9.86. The van der Waals surface area contributed by atoms with E-state index in [1.807, 2.05) is 29.9 Å². The lowest BCUT2D eigenvalue weighted by atomic mass is 10.1. The number of nitrogens with zero attached hydrogens (tertiary/aromatic N) is 3. The van der Waals surface area contributed by atoms with Crippen molar-refractivity contribution in [2.24, 2.45) is 0 Å². The first kappa shape index (κ1) is 10.7. The van der Waals surface area contributed by atoms with Gasteiger partial charge in [-0.25, -0.2) is 0 Å². The zero-order chi connectivity index (χ0) is 11.7. The van der Waals surface area contributed by atoms with Crippen LogP contribution in [0.4, 0.5) is 5.69 Å². The van der Waals surface area contributed by atoms with Crippen LogP contribution >= 0.6 is 0 Å². The third-order valence-electron chi connectivity index (χ3n) is 2.81. The number of pyridine rings is 1. The molecule has 16 heavy (non-hydrogen) atoms. The summed E-state index contributed by atoms with van der Waals surface area (Å²) in [6.07, 6.45) is 1.86. The van der Waals surface area contributed by atoms with Crippen molar-refractivity contribution in [2.75, 3.05) is 5.73 Å². The van der Waals surface area contributed by atoms with E-state index in [0.717, 1.165) is 34.9 Å². The largest absolute Gasteiger partial charge is 0.397 e. The summed E-state index contributed by atoms with van der Waals surface area (Å²) in [7, 11) is 0. The van der Waals surface area contributed by atoms with Gasteiger partial charge in [0.2, 0.25) is 0 Å². The van der Waals surface area contributed by atoms with E-state index >= 15 is 0 Å². The third-order valence-corrected chi connectivity index (χ3v) is 2.81. The van der Waals surface area contributed by atoms with Gasteiger partial charge < -0.3 is 5.73 Å². The van der Waals surface area contributed by atoms with Gasteiger partial charge in [-0.15, -0.1) is 0 Å². The van der Waals surface area contributed by atoms with Crippen LogP contribution in [0.15, 0.2) is 18.3 Å². The molecule has 4 heteroatoms. The Morgan fingerprint density at radius 2 is 2.06 bits per heavy atom. The highest BCUT2D eigenvalue weighted by atomic mass is 15.3. The Kier molecular flexibility index (Phi) is 2.64. The normalized spacial score (nSPS) is 10.7. The summed E-state index contributed by atoms with van der Waals surface area (Å²) in [5.41, 5.74) is 10.5. The molecule has 0 aromatic carbocycles. The molecule has 4 nitrogen and oxygen atoms in total. The van der Waals surface area contributed by atoms with Gasteiger partial charge in [-0.1, -0.05) is 0 Å². The first-order chi connectivity index (χ1) is 7.63. The van der Waals surface area contributed by atoms with E-state index in [-0.39, 0.29) is 0 Å².